The van der Waals surface area contributed by atoms with Crippen LogP contribution in [0.3, 0.4) is 0 Å². The van der Waals surface area contributed by atoms with Crippen LogP contribution in [0.5, 0.6) is 0 Å². The van der Waals surface area contributed by atoms with E-state index in [0.717, 1.165) is 51.7 Å². The molecule has 0 radical (unpaired) electrons. The molecular formula is C18H43N5O. The lowest BCUT2D eigenvalue weighted by molar-refractivity contribution is -0.122. The molecule has 2 saturated heterocycles. The fourth-order valence-electron chi connectivity index (χ4n) is 3.29. The number of nitrogens with zero attached hydrogens (tertiary/aromatic N) is 2. The van der Waals surface area contributed by atoms with E-state index in [4.69, 9.17) is 0 Å². The van der Waals surface area contributed by atoms with Gasteiger partial charge >= 0.3 is 0 Å². The largest absolute Gasteiger partial charge is 0.354 e. The molecule has 2 heterocycles. The van der Waals surface area contributed by atoms with Gasteiger partial charge in [0.2, 0.25) is 5.91 Å². The molecule has 24 heavy (non-hydrogen) atoms. The molecule has 6 heteroatoms. The minimum absolute atomic E-state index is 0. The molecule has 146 valence electrons. The van der Waals surface area contributed by atoms with Crippen LogP contribution >= 0.6 is 0 Å². The lowest BCUT2D eigenvalue weighted by Gasteiger charge is -2.37. The van der Waals surface area contributed by atoms with Crippen LogP contribution in [0.25, 0.3) is 0 Å². The summed E-state index contributed by atoms with van der Waals surface area (Å²) in [5.41, 5.74) is 0. The third-order valence-electron chi connectivity index (χ3n) is 4.68. The zero-order valence-electron chi connectivity index (χ0n) is 16.1. The van der Waals surface area contributed by atoms with Crippen LogP contribution < -0.4 is 16.0 Å². The summed E-state index contributed by atoms with van der Waals surface area (Å²) < 4.78 is 0. The third-order valence-corrected chi connectivity index (χ3v) is 4.68. The Labute approximate surface area is 151 Å². The molecule has 0 bridgehead atoms. The van der Waals surface area contributed by atoms with Gasteiger partial charge in [-0.3, -0.25) is 9.69 Å². The molecule has 2 fully saturated rings. The first kappa shape index (κ1) is 21.4. The molecule has 0 saturated carbocycles. The number of hydrogen-bond donors (Lipinski definition) is 3. The summed E-state index contributed by atoms with van der Waals surface area (Å²) >= 11 is 0. The number of likely N-dealkylation sites (N-methyl/N-ethyl adjacent to an activating group) is 1. The van der Waals surface area contributed by atoms with Crippen LogP contribution in [-0.2, 0) is 4.79 Å². The maximum absolute atomic E-state index is 11.9. The number of piperidine rings is 1. The molecule has 1 amide bonds. The highest BCUT2D eigenvalue weighted by Crippen LogP contribution is 2.14. The number of rotatable bonds is 8. The van der Waals surface area contributed by atoms with Gasteiger partial charge in [-0.15, -0.1) is 0 Å². The Bertz CT molecular complexity index is 323. The van der Waals surface area contributed by atoms with Gasteiger partial charge < -0.3 is 20.9 Å². The molecular weight excluding hydrogens is 302 g/mol. The average molecular weight is 346 g/mol. The van der Waals surface area contributed by atoms with Gasteiger partial charge in [-0.2, -0.15) is 0 Å². The third kappa shape index (κ3) is 8.97. The predicted octanol–water partition coefficient (Wildman–Crippen LogP) is 0.848. The number of piperazine rings is 1. The van der Waals surface area contributed by atoms with E-state index in [2.05, 4.69) is 32.7 Å². The average Bonchev–Trinajstić information content (AvgIpc) is 2.63. The van der Waals surface area contributed by atoms with Crippen LogP contribution in [0.2, 0.25) is 0 Å². The second-order valence-corrected chi connectivity index (χ2v) is 6.47. The van der Waals surface area contributed by atoms with Crippen molar-refractivity contribution in [3.05, 3.63) is 0 Å². The van der Waals surface area contributed by atoms with E-state index in [0.29, 0.717) is 6.54 Å². The first-order valence-corrected chi connectivity index (χ1v) is 9.90. The molecule has 0 aromatic carbocycles. The summed E-state index contributed by atoms with van der Waals surface area (Å²) in [6, 6.07) is 0. The molecule has 0 aromatic heterocycles. The normalized spacial score (nSPS) is 20.3. The van der Waals surface area contributed by atoms with E-state index in [1.165, 1.54) is 32.5 Å². The highest BCUT2D eigenvalue weighted by Gasteiger charge is 2.22. The molecule has 3 N–H and O–H groups in total. The van der Waals surface area contributed by atoms with Crippen molar-refractivity contribution in [2.24, 2.45) is 5.92 Å². The second kappa shape index (κ2) is 13.6. The van der Waals surface area contributed by atoms with Crippen LogP contribution in [0.4, 0.5) is 0 Å². The minimum Gasteiger partial charge on any atom is -0.354 e. The van der Waals surface area contributed by atoms with E-state index in [9.17, 15) is 4.79 Å². The SMILES string of the molecule is CC.CCNCCNC(=O)CN1CCN(CC2CCNCC2)CC1.[HH].[HH]. The van der Waals surface area contributed by atoms with Gasteiger partial charge in [0.15, 0.2) is 0 Å². The van der Waals surface area contributed by atoms with Gasteiger partial charge in [-0.1, -0.05) is 20.8 Å². The summed E-state index contributed by atoms with van der Waals surface area (Å²) in [5, 5.41) is 9.62. The Morgan fingerprint density at radius 3 is 2.33 bits per heavy atom. The van der Waals surface area contributed by atoms with Gasteiger partial charge in [-0.05, 0) is 38.4 Å². The minimum atomic E-state index is 0. The van der Waals surface area contributed by atoms with Crippen LogP contribution in [0, 0.1) is 5.92 Å². The topological polar surface area (TPSA) is 59.6 Å². The molecule has 2 aliphatic rings. The maximum Gasteiger partial charge on any atom is 0.234 e. The smallest absolute Gasteiger partial charge is 0.234 e. The fraction of sp³-hybridized carbons (Fsp3) is 0.944. The van der Waals surface area contributed by atoms with E-state index >= 15 is 0 Å². The number of carbonyl (C=O) groups excluding carboxylic acids is 1. The monoisotopic (exact) mass is 345 g/mol. The van der Waals surface area contributed by atoms with Crippen LogP contribution in [0.1, 0.15) is 36.5 Å². The Hall–Kier alpha value is -0.690. The predicted molar refractivity (Wildman–Crippen MR) is 106 cm³/mol. The summed E-state index contributed by atoms with van der Waals surface area (Å²) in [5.74, 6) is 1.02. The highest BCUT2D eigenvalue weighted by atomic mass is 16.2. The van der Waals surface area contributed by atoms with Crippen molar-refractivity contribution in [2.75, 3.05) is 72.0 Å². The molecule has 0 aliphatic carbocycles. The highest BCUT2D eigenvalue weighted by molar-refractivity contribution is 5.78. The van der Waals surface area contributed by atoms with Crippen molar-refractivity contribution in [1.29, 1.82) is 0 Å². The van der Waals surface area contributed by atoms with Gasteiger partial charge in [0, 0.05) is 48.7 Å². The number of nitrogens with one attached hydrogen (secondary N) is 3. The second-order valence-electron chi connectivity index (χ2n) is 6.47. The van der Waals surface area contributed by atoms with E-state index in [1.807, 2.05) is 13.8 Å². The van der Waals surface area contributed by atoms with Gasteiger partial charge in [-0.25, -0.2) is 0 Å². The van der Waals surface area contributed by atoms with E-state index < -0.39 is 0 Å². The standard InChI is InChI=1S/C16H33N5O.C2H6.2H2/c1-2-17-7-8-19-16(22)14-21-11-9-20(10-12-21)13-15-3-5-18-6-4-15;1-2;;/h15,17-18H,2-14H2,1H3,(H,19,22);1-2H3;2*1H. The van der Waals surface area contributed by atoms with Crippen molar-refractivity contribution >= 4 is 5.91 Å². The fourth-order valence-corrected chi connectivity index (χ4v) is 3.29. The van der Waals surface area contributed by atoms with Crippen molar-refractivity contribution in [3.63, 3.8) is 0 Å². The maximum atomic E-state index is 11.9. The Morgan fingerprint density at radius 2 is 1.71 bits per heavy atom. The Morgan fingerprint density at radius 1 is 1.08 bits per heavy atom. The molecule has 0 spiro atoms. The molecule has 2 aliphatic heterocycles. The van der Waals surface area contributed by atoms with Gasteiger partial charge in [0.1, 0.15) is 0 Å². The summed E-state index contributed by atoms with van der Waals surface area (Å²) in [6.07, 6.45) is 2.63. The lowest BCUT2D eigenvalue weighted by atomic mass is 9.97. The van der Waals surface area contributed by atoms with Crippen molar-refractivity contribution in [2.45, 2.75) is 33.6 Å². The van der Waals surface area contributed by atoms with Crippen molar-refractivity contribution < 1.29 is 7.65 Å². The Balaban J connectivity index is 0. The quantitative estimate of drug-likeness (QED) is 0.569. The number of amides is 1. The molecule has 6 nitrogen and oxygen atoms in total. The Kier molecular flexibility index (Phi) is 12.1. The molecule has 0 atom stereocenters. The van der Waals surface area contributed by atoms with Crippen molar-refractivity contribution in [3.8, 4) is 0 Å². The zero-order valence-corrected chi connectivity index (χ0v) is 16.1. The molecule has 0 aromatic rings. The summed E-state index contributed by atoms with van der Waals surface area (Å²) in [7, 11) is 0. The molecule has 0 unspecified atom stereocenters. The summed E-state index contributed by atoms with van der Waals surface area (Å²) in [6.45, 7) is 17.0. The van der Waals surface area contributed by atoms with Crippen LogP contribution in [-0.4, -0.2) is 87.7 Å². The molecule has 2 rings (SSSR count). The number of hydrogen-bond acceptors (Lipinski definition) is 5. The van der Waals surface area contributed by atoms with E-state index in [1.54, 1.807) is 0 Å². The van der Waals surface area contributed by atoms with E-state index in [-0.39, 0.29) is 8.76 Å². The van der Waals surface area contributed by atoms with Gasteiger partial charge in [0.05, 0.1) is 6.54 Å². The van der Waals surface area contributed by atoms with Gasteiger partial charge in [0.25, 0.3) is 0 Å². The lowest BCUT2D eigenvalue weighted by Crippen LogP contribution is -2.51. The number of carbonyl (C=O) groups is 1. The first-order valence-electron chi connectivity index (χ1n) is 9.90. The summed E-state index contributed by atoms with van der Waals surface area (Å²) in [4.78, 5) is 16.7. The first-order chi connectivity index (χ1) is 11.8. The van der Waals surface area contributed by atoms with Crippen LogP contribution in [0.15, 0.2) is 0 Å². The zero-order chi connectivity index (χ0) is 17.6. The van der Waals surface area contributed by atoms with Crippen molar-refractivity contribution in [1.82, 2.24) is 25.8 Å².